The fourth-order valence-corrected chi connectivity index (χ4v) is 6.78. The van der Waals surface area contributed by atoms with E-state index in [1.807, 2.05) is 0 Å². The summed E-state index contributed by atoms with van der Waals surface area (Å²) in [5, 5.41) is 6.97. The van der Waals surface area contributed by atoms with Crippen LogP contribution in [0.2, 0.25) is 0 Å². The molecule has 1 fully saturated rings. The molecule has 2 aliphatic rings. The molecule has 1 amide bonds. The largest absolute Gasteiger partial charge is 0.435 e. The van der Waals surface area contributed by atoms with Crippen molar-refractivity contribution >= 4 is 15.7 Å². The first kappa shape index (κ1) is 25.4. The Morgan fingerprint density at radius 2 is 1.94 bits per heavy atom. The summed E-state index contributed by atoms with van der Waals surface area (Å²) in [7, 11) is -3.19. The second-order valence-corrected chi connectivity index (χ2v) is 11.4. The topological polar surface area (TPSA) is 90.3 Å². The van der Waals surface area contributed by atoms with Crippen LogP contribution in [0.5, 0.6) is 5.75 Å². The Labute approximate surface area is 198 Å². The Hall–Kier alpha value is -2.70. The number of rotatable bonds is 7. The third-order valence-electron chi connectivity index (χ3n) is 6.34. The van der Waals surface area contributed by atoms with Gasteiger partial charge in [-0.1, -0.05) is 0 Å². The number of nitrogens with one attached hydrogen (secondary N) is 1. The first-order chi connectivity index (χ1) is 16.3. The molecule has 0 saturated carbocycles. The quantitative estimate of drug-likeness (QED) is 0.564. The molecule has 1 aliphatic heterocycles. The van der Waals surface area contributed by atoms with Gasteiger partial charge >= 0.3 is 6.61 Å². The van der Waals surface area contributed by atoms with E-state index < -0.39 is 52.1 Å². The van der Waals surface area contributed by atoms with Gasteiger partial charge in [0.05, 0.1) is 22.7 Å². The minimum atomic E-state index is -3.19. The van der Waals surface area contributed by atoms with E-state index in [1.54, 1.807) is 6.92 Å². The van der Waals surface area contributed by atoms with Gasteiger partial charge in [0.2, 0.25) is 5.91 Å². The van der Waals surface area contributed by atoms with Gasteiger partial charge in [-0.05, 0) is 44.9 Å². The molecule has 1 aromatic carbocycles. The van der Waals surface area contributed by atoms with E-state index in [9.17, 15) is 35.2 Å². The Balaban J connectivity index is 1.67. The highest BCUT2D eigenvalue weighted by Crippen LogP contribution is 2.38. The molecular formula is C22H24F5N3O4S. The van der Waals surface area contributed by atoms with E-state index in [0.29, 0.717) is 11.3 Å². The number of nitrogens with zero attached hydrogens (tertiary/aromatic N) is 2. The van der Waals surface area contributed by atoms with Gasteiger partial charge in [0.1, 0.15) is 17.6 Å². The fraction of sp³-hybridized carbons (Fsp3) is 0.545. The van der Waals surface area contributed by atoms with Crippen LogP contribution < -0.4 is 10.1 Å². The maximum absolute atomic E-state index is 14.7. The van der Waals surface area contributed by atoms with Crippen molar-refractivity contribution in [3.8, 4) is 17.0 Å². The monoisotopic (exact) mass is 521 g/mol. The van der Waals surface area contributed by atoms with E-state index in [2.05, 4.69) is 15.2 Å². The third-order valence-corrected chi connectivity index (χ3v) is 8.50. The Kier molecular flexibility index (Phi) is 6.58. The van der Waals surface area contributed by atoms with Crippen molar-refractivity contribution in [1.82, 2.24) is 15.1 Å². The first-order valence-electron chi connectivity index (χ1n) is 10.9. The normalized spacial score (nSPS) is 21.3. The van der Waals surface area contributed by atoms with Crippen molar-refractivity contribution in [2.45, 2.75) is 57.7 Å². The zero-order valence-electron chi connectivity index (χ0n) is 18.9. The van der Waals surface area contributed by atoms with Gasteiger partial charge in [-0.2, -0.15) is 13.9 Å². The number of hydrogen-bond donors (Lipinski definition) is 1. The average molecular weight is 522 g/mol. The molecule has 1 aromatic heterocycles. The molecule has 4 rings (SSSR count). The molecule has 13 heteroatoms. The van der Waals surface area contributed by atoms with Gasteiger partial charge in [0.25, 0.3) is 6.43 Å². The van der Waals surface area contributed by atoms with Gasteiger partial charge in [-0.3, -0.25) is 9.48 Å². The number of alkyl halides is 4. The van der Waals surface area contributed by atoms with Crippen LogP contribution in [-0.2, 0) is 27.5 Å². The number of hydrogen-bond acceptors (Lipinski definition) is 5. The summed E-state index contributed by atoms with van der Waals surface area (Å²) < 4.78 is 95.7. The molecule has 2 atom stereocenters. The van der Waals surface area contributed by atoms with Crippen molar-refractivity contribution in [3.63, 3.8) is 0 Å². The Morgan fingerprint density at radius 1 is 1.26 bits per heavy atom. The minimum Gasteiger partial charge on any atom is -0.435 e. The van der Waals surface area contributed by atoms with Crippen LogP contribution in [0.1, 0.15) is 37.6 Å². The molecule has 192 valence electrons. The zero-order chi connectivity index (χ0) is 25.7. The van der Waals surface area contributed by atoms with Crippen LogP contribution in [0, 0.1) is 11.7 Å². The number of carbonyl (C=O) groups is 1. The number of amides is 1. The zero-order valence-corrected chi connectivity index (χ0v) is 19.7. The molecule has 7 nitrogen and oxygen atoms in total. The molecule has 0 spiro atoms. The molecule has 1 saturated heterocycles. The number of carbonyl (C=O) groups excluding carboxylic acids is 1. The molecule has 1 N–H and O–H groups in total. The van der Waals surface area contributed by atoms with E-state index in [-0.39, 0.29) is 47.8 Å². The summed E-state index contributed by atoms with van der Waals surface area (Å²) in [5.74, 6) is -2.48. The summed E-state index contributed by atoms with van der Waals surface area (Å²) in [4.78, 5) is 12.9. The fourth-order valence-electron chi connectivity index (χ4n) is 4.78. The van der Waals surface area contributed by atoms with E-state index >= 15 is 0 Å². The van der Waals surface area contributed by atoms with Crippen LogP contribution in [0.15, 0.2) is 18.2 Å². The molecule has 35 heavy (non-hydrogen) atoms. The smallest absolute Gasteiger partial charge is 0.387 e. The predicted octanol–water partition coefficient (Wildman–Crippen LogP) is 3.52. The second kappa shape index (κ2) is 9.07. The van der Waals surface area contributed by atoms with Gasteiger partial charge in [-0.25, -0.2) is 21.6 Å². The lowest BCUT2D eigenvalue weighted by molar-refractivity contribution is -0.126. The van der Waals surface area contributed by atoms with Crippen LogP contribution >= 0.6 is 0 Å². The molecule has 0 radical (unpaired) electrons. The molecule has 1 aliphatic carbocycles. The summed E-state index contributed by atoms with van der Waals surface area (Å²) in [5.41, 5.74) is -0.251. The second-order valence-electron chi connectivity index (χ2n) is 9.34. The maximum atomic E-state index is 14.7. The lowest BCUT2D eigenvalue weighted by Gasteiger charge is -2.39. The number of halogens is 5. The number of sulfone groups is 1. The summed E-state index contributed by atoms with van der Waals surface area (Å²) in [6.07, 6.45) is -2.28. The summed E-state index contributed by atoms with van der Waals surface area (Å²) in [6.45, 7) is -0.276. The van der Waals surface area contributed by atoms with E-state index in [4.69, 9.17) is 0 Å². The van der Waals surface area contributed by atoms with Crippen LogP contribution in [-0.4, -0.2) is 54.2 Å². The lowest BCUT2D eigenvalue weighted by atomic mass is 9.84. The standard InChI is InChI=1S/C22H24F5N3O4S/c1-11(19(24)25)30-17-7-12(20(31)28-22(2)9-35(32,33)10-22)3-5-14(17)18(29-30)15-8-13(34-21(26)27)4-6-16(15)23/h4,6,8,11-12,19,21H,3,5,7,9-10H2,1-2H3,(H,28,31)/t11-,12+/m0/s1. The number of ether oxygens (including phenoxy) is 1. The SMILES string of the molecule is C[C@@H](C(F)F)n1nc(-c2cc(OC(F)F)ccc2F)c2c1C[C@H](C(=O)NC1(C)CS(=O)(=O)C1)CC2. The lowest BCUT2D eigenvalue weighted by Crippen LogP contribution is -2.64. The Morgan fingerprint density at radius 3 is 2.54 bits per heavy atom. The molecule has 2 aromatic rings. The van der Waals surface area contributed by atoms with E-state index in [1.165, 1.54) is 6.92 Å². The minimum absolute atomic E-state index is 0.0284. The maximum Gasteiger partial charge on any atom is 0.387 e. The summed E-state index contributed by atoms with van der Waals surface area (Å²) in [6, 6.07) is 1.61. The van der Waals surface area contributed by atoms with Gasteiger partial charge < -0.3 is 10.1 Å². The van der Waals surface area contributed by atoms with Crippen molar-refractivity contribution in [1.29, 1.82) is 0 Å². The molecule has 2 heterocycles. The first-order valence-corrected chi connectivity index (χ1v) is 12.8. The van der Waals surface area contributed by atoms with Gasteiger partial charge in [0, 0.05) is 29.2 Å². The number of aromatic nitrogens is 2. The average Bonchev–Trinajstić information content (AvgIpc) is 3.11. The third kappa shape index (κ3) is 5.14. The molecular weight excluding hydrogens is 497 g/mol. The van der Waals surface area contributed by atoms with Crippen molar-refractivity contribution < 1.29 is 39.9 Å². The predicted molar refractivity (Wildman–Crippen MR) is 116 cm³/mol. The number of fused-ring (bicyclic) bond motifs is 1. The van der Waals surface area contributed by atoms with E-state index in [0.717, 1.165) is 22.9 Å². The van der Waals surface area contributed by atoms with Crippen molar-refractivity contribution in [3.05, 3.63) is 35.3 Å². The number of benzene rings is 1. The van der Waals surface area contributed by atoms with Crippen LogP contribution in [0.3, 0.4) is 0 Å². The highest BCUT2D eigenvalue weighted by Gasteiger charge is 2.47. The highest BCUT2D eigenvalue weighted by atomic mass is 32.2. The van der Waals surface area contributed by atoms with Crippen LogP contribution in [0.4, 0.5) is 22.0 Å². The molecule has 0 bridgehead atoms. The van der Waals surface area contributed by atoms with Crippen molar-refractivity contribution in [2.24, 2.45) is 5.92 Å². The van der Waals surface area contributed by atoms with Crippen molar-refractivity contribution in [2.75, 3.05) is 11.5 Å². The van der Waals surface area contributed by atoms with Gasteiger partial charge in [0.15, 0.2) is 9.84 Å². The molecule has 0 unspecified atom stereocenters. The van der Waals surface area contributed by atoms with Gasteiger partial charge in [-0.15, -0.1) is 0 Å². The van der Waals surface area contributed by atoms with Crippen LogP contribution in [0.25, 0.3) is 11.3 Å². The Bertz CT molecular complexity index is 1240. The highest BCUT2D eigenvalue weighted by molar-refractivity contribution is 7.93. The summed E-state index contributed by atoms with van der Waals surface area (Å²) >= 11 is 0.